The van der Waals surface area contributed by atoms with E-state index in [-0.39, 0.29) is 5.54 Å². The highest BCUT2D eigenvalue weighted by Gasteiger charge is 2.38. The number of aromatic nitrogens is 1. The first-order valence-electron chi connectivity index (χ1n) is 5.75. The highest BCUT2D eigenvalue weighted by molar-refractivity contribution is 5.79. The Balaban J connectivity index is 2.33. The molecule has 2 rings (SSSR count). The Labute approximate surface area is 96.5 Å². The summed E-state index contributed by atoms with van der Waals surface area (Å²) >= 11 is 0. The minimum Gasteiger partial charge on any atom is -0.300 e. The number of ketones is 1. The van der Waals surface area contributed by atoms with E-state index in [1.165, 1.54) is 5.56 Å². The topological polar surface area (TPSA) is 33.2 Å². The van der Waals surface area contributed by atoms with Crippen LogP contribution >= 0.6 is 0 Å². The van der Waals surface area contributed by atoms with Crippen LogP contribution in [0.2, 0.25) is 0 Å². The van der Waals surface area contributed by atoms with Gasteiger partial charge in [-0.2, -0.15) is 0 Å². The Bertz CT molecular complexity index is 363. The molecule has 1 aliphatic rings. The SMILES string of the molecule is CN(C)C1(c2cccnc2)CCC(=O)CC1. The van der Waals surface area contributed by atoms with Gasteiger partial charge in [0.25, 0.3) is 0 Å². The van der Waals surface area contributed by atoms with Crippen LogP contribution in [0.5, 0.6) is 0 Å². The fraction of sp³-hybridized carbons (Fsp3) is 0.538. The summed E-state index contributed by atoms with van der Waals surface area (Å²) in [7, 11) is 4.17. The maximum Gasteiger partial charge on any atom is 0.133 e. The molecule has 1 saturated carbocycles. The van der Waals surface area contributed by atoms with Crippen LogP contribution in [0.3, 0.4) is 0 Å². The maximum atomic E-state index is 11.4. The lowest BCUT2D eigenvalue weighted by molar-refractivity contribution is -0.122. The van der Waals surface area contributed by atoms with E-state index in [1.54, 1.807) is 6.20 Å². The Morgan fingerprint density at radius 3 is 2.50 bits per heavy atom. The standard InChI is InChI=1S/C13H18N2O/c1-15(2)13(7-5-12(16)6-8-13)11-4-3-9-14-10-11/h3-4,9-10H,5-8H2,1-2H3. The zero-order valence-corrected chi connectivity index (χ0v) is 9.94. The first kappa shape index (κ1) is 11.3. The highest BCUT2D eigenvalue weighted by atomic mass is 16.1. The molecule has 86 valence electrons. The van der Waals surface area contributed by atoms with Gasteiger partial charge in [-0.15, -0.1) is 0 Å². The normalized spacial score (nSPS) is 20.1. The monoisotopic (exact) mass is 218 g/mol. The van der Waals surface area contributed by atoms with E-state index in [0.29, 0.717) is 18.6 Å². The van der Waals surface area contributed by atoms with Crippen LogP contribution in [0.25, 0.3) is 0 Å². The van der Waals surface area contributed by atoms with Crippen molar-refractivity contribution in [1.29, 1.82) is 0 Å². The van der Waals surface area contributed by atoms with Crippen molar-refractivity contribution in [2.75, 3.05) is 14.1 Å². The molecule has 1 heterocycles. The van der Waals surface area contributed by atoms with Crippen molar-refractivity contribution < 1.29 is 4.79 Å². The molecule has 3 nitrogen and oxygen atoms in total. The molecule has 0 saturated heterocycles. The number of nitrogens with zero attached hydrogens (tertiary/aromatic N) is 2. The predicted molar refractivity (Wildman–Crippen MR) is 63.1 cm³/mol. The van der Waals surface area contributed by atoms with Crippen LogP contribution in [0.15, 0.2) is 24.5 Å². The fourth-order valence-electron chi connectivity index (χ4n) is 2.57. The van der Waals surface area contributed by atoms with E-state index in [2.05, 4.69) is 30.0 Å². The average Bonchev–Trinajstić information content (AvgIpc) is 2.31. The molecule has 3 heteroatoms. The van der Waals surface area contributed by atoms with Gasteiger partial charge in [0.1, 0.15) is 5.78 Å². The van der Waals surface area contributed by atoms with E-state index in [9.17, 15) is 4.79 Å². The summed E-state index contributed by atoms with van der Waals surface area (Å²) in [4.78, 5) is 17.8. The average molecular weight is 218 g/mol. The number of hydrogen-bond donors (Lipinski definition) is 0. The van der Waals surface area contributed by atoms with Crippen molar-refractivity contribution in [3.63, 3.8) is 0 Å². The molecule has 1 aliphatic carbocycles. The van der Waals surface area contributed by atoms with Crippen LogP contribution in [0, 0.1) is 0 Å². The van der Waals surface area contributed by atoms with Gasteiger partial charge in [-0.3, -0.25) is 14.7 Å². The number of Topliss-reactive ketones (excluding diaryl/α,β-unsaturated/α-hetero) is 1. The first-order chi connectivity index (χ1) is 7.65. The van der Waals surface area contributed by atoms with E-state index < -0.39 is 0 Å². The van der Waals surface area contributed by atoms with Gasteiger partial charge >= 0.3 is 0 Å². The van der Waals surface area contributed by atoms with Gasteiger partial charge in [-0.1, -0.05) is 6.07 Å². The molecule has 0 bridgehead atoms. The van der Waals surface area contributed by atoms with Gasteiger partial charge in [0.15, 0.2) is 0 Å². The smallest absolute Gasteiger partial charge is 0.133 e. The van der Waals surface area contributed by atoms with Crippen LogP contribution in [-0.4, -0.2) is 29.8 Å². The van der Waals surface area contributed by atoms with Crippen LogP contribution < -0.4 is 0 Å². The van der Waals surface area contributed by atoms with E-state index in [1.807, 2.05) is 12.3 Å². The van der Waals surface area contributed by atoms with Crippen molar-refractivity contribution in [2.24, 2.45) is 0 Å². The molecule has 0 radical (unpaired) electrons. The zero-order valence-electron chi connectivity index (χ0n) is 9.94. The minimum atomic E-state index is 0.00215. The third-order valence-corrected chi connectivity index (χ3v) is 3.69. The van der Waals surface area contributed by atoms with Crippen LogP contribution in [-0.2, 0) is 10.3 Å². The summed E-state index contributed by atoms with van der Waals surface area (Å²) in [6.07, 6.45) is 6.91. The first-order valence-corrected chi connectivity index (χ1v) is 5.75. The van der Waals surface area contributed by atoms with E-state index in [0.717, 1.165) is 12.8 Å². The molecule has 0 unspecified atom stereocenters. The van der Waals surface area contributed by atoms with Gasteiger partial charge in [0.2, 0.25) is 0 Å². The zero-order chi connectivity index (χ0) is 11.6. The lowest BCUT2D eigenvalue weighted by Gasteiger charge is -2.42. The van der Waals surface area contributed by atoms with Gasteiger partial charge in [-0.25, -0.2) is 0 Å². The van der Waals surface area contributed by atoms with Gasteiger partial charge < -0.3 is 0 Å². The molecule has 1 fully saturated rings. The maximum absolute atomic E-state index is 11.4. The Kier molecular flexibility index (Phi) is 3.06. The minimum absolute atomic E-state index is 0.00215. The number of carbonyl (C=O) groups excluding carboxylic acids is 1. The quantitative estimate of drug-likeness (QED) is 0.761. The molecule has 1 aromatic rings. The highest BCUT2D eigenvalue weighted by Crippen LogP contribution is 2.39. The third kappa shape index (κ3) is 1.87. The third-order valence-electron chi connectivity index (χ3n) is 3.69. The summed E-state index contributed by atoms with van der Waals surface area (Å²) in [6.45, 7) is 0. The molecular weight excluding hydrogens is 200 g/mol. The fourth-order valence-corrected chi connectivity index (χ4v) is 2.57. The summed E-state index contributed by atoms with van der Waals surface area (Å²) in [6, 6.07) is 4.08. The summed E-state index contributed by atoms with van der Waals surface area (Å²) in [5.41, 5.74) is 1.23. The largest absolute Gasteiger partial charge is 0.300 e. The van der Waals surface area contributed by atoms with E-state index in [4.69, 9.17) is 0 Å². The predicted octanol–water partition coefficient (Wildman–Crippen LogP) is 1.98. The van der Waals surface area contributed by atoms with Gasteiger partial charge in [0, 0.05) is 30.8 Å². The second kappa shape index (κ2) is 4.34. The lowest BCUT2D eigenvalue weighted by Crippen LogP contribution is -2.44. The molecule has 0 atom stereocenters. The molecule has 16 heavy (non-hydrogen) atoms. The van der Waals surface area contributed by atoms with Gasteiger partial charge in [-0.05, 0) is 38.6 Å². The molecule has 0 aromatic carbocycles. The molecule has 0 N–H and O–H groups in total. The molecular formula is C13H18N2O. The lowest BCUT2D eigenvalue weighted by atomic mass is 9.76. The molecule has 0 aliphatic heterocycles. The second-order valence-electron chi connectivity index (χ2n) is 4.71. The van der Waals surface area contributed by atoms with E-state index >= 15 is 0 Å². The van der Waals surface area contributed by atoms with Crippen LogP contribution in [0.1, 0.15) is 31.2 Å². The van der Waals surface area contributed by atoms with Crippen molar-refractivity contribution in [3.8, 4) is 0 Å². The summed E-state index contributed by atoms with van der Waals surface area (Å²) < 4.78 is 0. The Morgan fingerprint density at radius 1 is 1.31 bits per heavy atom. The summed E-state index contributed by atoms with van der Waals surface area (Å²) in [5.74, 6) is 0.390. The van der Waals surface area contributed by atoms with Gasteiger partial charge in [0.05, 0.1) is 0 Å². The number of hydrogen-bond acceptors (Lipinski definition) is 3. The van der Waals surface area contributed by atoms with Crippen molar-refractivity contribution in [3.05, 3.63) is 30.1 Å². The van der Waals surface area contributed by atoms with Crippen molar-refractivity contribution in [2.45, 2.75) is 31.2 Å². The van der Waals surface area contributed by atoms with Crippen molar-refractivity contribution >= 4 is 5.78 Å². The molecule has 0 amide bonds. The molecule has 1 aromatic heterocycles. The Morgan fingerprint density at radius 2 is 2.00 bits per heavy atom. The van der Waals surface area contributed by atoms with Crippen molar-refractivity contribution in [1.82, 2.24) is 9.88 Å². The summed E-state index contributed by atoms with van der Waals surface area (Å²) in [5, 5.41) is 0. The number of rotatable bonds is 2. The second-order valence-corrected chi connectivity index (χ2v) is 4.71. The van der Waals surface area contributed by atoms with Crippen LogP contribution in [0.4, 0.5) is 0 Å². The number of carbonyl (C=O) groups is 1. The number of pyridine rings is 1. The Hall–Kier alpha value is -1.22. The molecule has 0 spiro atoms.